The van der Waals surface area contributed by atoms with Crippen molar-refractivity contribution in [2.75, 3.05) is 12.3 Å². The number of rotatable bonds is 4. The monoisotopic (exact) mass is 231 g/mol. The molecule has 0 saturated carbocycles. The van der Waals surface area contributed by atoms with Gasteiger partial charge in [0.1, 0.15) is 5.75 Å². The van der Waals surface area contributed by atoms with Crippen LogP contribution in [0.5, 0.6) is 11.6 Å². The molecule has 3 N–H and O–H groups in total. The Morgan fingerprint density at radius 3 is 2.47 bits per heavy atom. The highest BCUT2D eigenvalue weighted by atomic mass is 16.5. The summed E-state index contributed by atoms with van der Waals surface area (Å²) in [5, 5.41) is 8.79. The standard InChI is InChI=1S/C12H13N3O2/c13-11-12(15-7-6-14-11)17-10-3-1-9(2-4-10)5-8-16/h1-4,6-7,16H,5,8H2,(H2,13,14). The van der Waals surface area contributed by atoms with Crippen molar-refractivity contribution in [1.82, 2.24) is 9.97 Å². The Morgan fingerprint density at radius 1 is 1.12 bits per heavy atom. The van der Waals surface area contributed by atoms with Crippen molar-refractivity contribution >= 4 is 5.82 Å². The molecule has 17 heavy (non-hydrogen) atoms. The van der Waals surface area contributed by atoms with Gasteiger partial charge in [0.05, 0.1) is 0 Å². The molecule has 1 aromatic carbocycles. The third kappa shape index (κ3) is 2.92. The van der Waals surface area contributed by atoms with Gasteiger partial charge in [0.2, 0.25) is 0 Å². The minimum absolute atomic E-state index is 0.136. The molecular formula is C12H13N3O2. The van der Waals surface area contributed by atoms with E-state index in [1.165, 1.54) is 12.4 Å². The van der Waals surface area contributed by atoms with Crippen LogP contribution in [0.2, 0.25) is 0 Å². The third-order valence-electron chi connectivity index (χ3n) is 2.23. The fourth-order valence-electron chi connectivity index (χ4n) is 1.38. The van der Waals surface area contributed by atoms with E-state index in [1.54, 1.807) is 12.1 Å². The van der Waals surface area contributed by atoms with Crippen LogP contribution in [-0.2, 0) is 6.42 Å². The molecule has 0 spiro atoms. The number of aliphatic hydroxyl groups is 1. The quantitative estimate of drug-likeness (QED) is 0.830. The summed E-state index contributed by atoms with van der Waals surface area (Å²) in [6.45, 7) is 0.136. The zero-order valence-electron chi connectivity index (χ0n) is 9.21. The number of aliphatic hydroxyl groups excluding tert-OH is 1. The van der Waals surface area contributed by atoms with Crippen LogP contribution in [0.25, 0.3) is 0 Å². The number of ether oxygens (including phenoxy) is 1. The molecule has 0 bridgehead atoms. The van der Waals surface area contributed by atoms with Gasteiger partial charge in [0.25, 0.3) is 5.88 Å². The summed E-state index contributed by atoms with van der Waals surface area (Å²) in [4.78, 5) is 7.86. The summed E-state index contributed by atoms with van der Waals surface area (Å²) in [5.41, 5.74) is 6.66. The summed E-state index contributed by atoms with van der Waals surface area (Å²) in [7, 11) is 0. The second kappa shape index (κ2) is 5.27. The maximum atomic E-state index is 8.79. The maximum Gasteiger partial charge on any atom is 0.262 e. The van der Waals surface area contributed by atoms with Crippen LogP contribution in [-0.4, -0.2) is 21.7 Å². The molecule has 1 aromatic heterocycles. The van der Waals surface area contributed by atoms with Gasteiger partial charge in [-0.3, -0.25) is 0 Å². The van der Waals surface area contributed by atoms with Gasteiger partial charge < -0.3 is 15.6 Å². The van der Waals surface area contributed by atoms with E-state index >= 15 is 0 Å². The number of hydrogen-bond donors (Lipinski definition) is 2. The topological polar surface area (TPSA) is 81.3 Å². The SMILES string of the molecule is Nc1nccnc1Oc1ccc(CCO)cc1. The number of aromatic nitrogens is 2. The highest BCUT2D eigenvalue weighted by Crippen LogP contribution is 2.22. The molecule has 5 heteroatoms. The Hall–Kier alpha value is -2.14. The van der Waals surface area contributed by atoms with Crippen molar-refractivity contribution in [3.63, 3.8) is 0 Å². The molecule has 1 heterocycles. The first kappa shape index (κ1) is 11.3. The molecule has 0 atom stereocenters. The average molecular weight is 231 g/mol. The van der Waals surface area contributed by atoms with E-state index < -0.39 is 0 Å². The number of anilines is 1. The lowest BCUT2D eigenvalue weighted by Crippen LogP contribution is -1.97. The van der Waals surface area contributed by atoms with Crippen molar-refractivity contribution in [3.05, 3.63) is 42.2 Å². The average Bonchev–Trinajstić information content (AvgIpc) is 2.35. The zero-order valence-corrected chi connectivity index (χ0v) is 9.21. The first-order chi connectivity index (χ1) is 8.29. The maximum absolute atomic E-state index is 8.79. The Labute approximate surface area is 98.9 Å². The van der Waals surface area contributed by atoms with Crippen molar-refractivity contribution in [3.8, 4) is 11.6 Å². The van der Waals surface area contributed by atoms with Crippen LogP contribution in [0.3, 0.4) is 0 Å². The molecule has 0 saturated heterocycles. The van der Waals surface area contributed by atoms with Crippen molar-refractivity contribution < 1.29 is 9.84 Å². The van der Waals surface area contributed by atoms with Crippen LogP contribution < -0.4 is 10.5 Å². The Balaban J connectivity index is 2.11. The summed E-state index contributed by atoms with van der Waals surface area (Å²) < 4.78 is 5.48. The molecule has 0 unspecified atom stereocenters. The van der Waals surface area contributed by atoms with Gasteiger partial charge in [0.15, 0.2) is 5.82 Å². The minimum atomic E-state index is 0.136. The summed E-state index contributed by atoms with van der Waals surface area (Å²) in [6.07, 6.45) is 3.66. The van der Waals surface area contributed by atoms with Gasteiger partial charge in [-0.1, -0.05) is 12.1 Å². The number of nitrogens with two attached hydrogens (primary N) is 1. The van der Waals surface area contributed by atoms with Crippen LogP contribution in [0.4, 0.5) is 5.82 Å². The third-order valence-corrected chi connectivity index (χ3v) is 2.23. The van der Waals surface area contributed by atoms with Crippen LogP contribution in [0, 0.1) is 0 Å². The summed E-state index contributed by atoms with van der Waals surface area (Å²) in [5.74, 6) is 1.19. The first-order valence-electron chi connectivity index (χ1n) is 5.24. The number of nitrogen functional groups attached to an aromatic ring is 1. The zero-order chi connectivity index (χ0) is 12.1. The van der Waals surface area contributed by atoms with E-state index in [2.05, 4.69) is 9.97 Å². The Bertz CT molecular complexity index is 485. The lowest BCUT2D eigenvalue weighted by Gasteiger charge is -2.06. The lowest BCUT2D eigenvalue weighted by atomic mass is 10.1. The normalized spacial score (nSPS) is 10.2. The Kier molecular flexibility index (Phi) is 3.52. The van der Waals surface area contributed by atoms with Crippen molar-refractivity contribution in [2.45, 2.75) is 6.42 Å². The van der Waals surface area contributed by atoms with Gasteiger partial charge in [-0.15, -0.1) is 0 Å². The summed E-state index contributed by atoms with van der Waals surface area (Å²) >= 11 is 0. The fraction of sp³-hybridized carbons (Fsp3) is 0.167. The molecule has 0 radical (unpaired) electrons. The van der Waals surface area contributed by atoms with Crippen LogP contribution >= 0.6 is 0 Å². The van der Waals surface area contributed by atoms with Gasteiger partial charge in [-0.2, -0.15) is 0 Å². The highest BCUT2D eigenvalue weighted by Gasteiger charge is 2.03. The molecule has 5 nitrogen and oxygen atoms in total. The van der Waals surface area contributed by atoms with E-state index in [4.69, 9.17) is 15.6 Å². The van der Waals surface area contributed by atoms with E-state index in [0.29, 0.717) is 18.1 Å². The minimum Gasteiger partial charge on any atom is -0.436 e. The molecule has 0 aliphatic heterocycles. The number of benzene rings is 1. The molecular weight excluding hydrogens is 218 g/mol. The molecule has 0 amide bonds. The van der Waals surface area contributed by atoms with Gasteiger partial charge in [0, 0.05) is 19.0 Å². The molecule has 0 aliphatic carbocycles. The number of hydrogen-bond acceptors (Lipinski definition) is 5. The predicted molar refractivity (Wildman–Crippen MR) is 63.8 cm³/mol. The van der Waals surface area contributed by atoms with Gasteiger partial charge >= 0.3 is 0 Å². The van der Waals surface area contributed by atoms with Crippen LogP contribution in [0.15, 0.2) is 36.7 Å². The van der Waals surface area contributed by atoms with Crippen molar-refractivity contribution in [2.24, 2.45) is 0 Å². The van der Waals surface area contributed by atoms with E-state index in [9.17, 15) is 0 Å². The lowest BCUT2D eigenvalue weighted by molar-refractivity contribution is 0.299. The Morgan fingerprint density at radius 2 is 1.82 bits per heavy atom. The molecule has 2 rings (SSSR count). The fourth-order valence-corrected chi connectivity index (χ4v) is 1.38. The smallest absolute Gasteiger partial charge is 0.262 e. The van der Waals surface area contributed by atoms with Crippen LogP contribution in [0.1, 0.15) is 5.56 Å². The predicted octanol–water partition coefficient (Wildman–Crippen LogP) is 1.39. The van der Waals surface area contributed by atoms with Crippen molar-refractivity contribution in [1.29, 1.82) is 0 Å². The molecule has 0 fully saturated rings. The first-order valence-corrected chi connectivity index (χ1v) is 5.24. The van der Waals surface area contributed by atoms with E-state index in [-0.39, 0.29) is 12.4 Å². The second-order valence-electron chi connectivity index (χ2n) is 3.47. The van der Waals surface area contributed by atoms with Gasteiger partial charge in [-0.05, 0) is 24.1 Å². The van der Waals surface area contributed by atoms with Gasteiger partial charge in [-0.25, -0.2) is 9.97 Å². The van der Waals surface area contributed by atoms with E-state index in [1.807, 2.05) is 12.1 Å². The largest absolute Gasteiger partial charge is 0.436 e. The summed E-state index contributed by atoms with van der Waals surface area (Å²) in [6, 6.07) is 7.38. The molecule has 88 valence electrons. The number of nitrogens with zero attached hydrogens (tertiary/aromatic N) is 2. The second-order valence-corrected chi connectivity index (χ2v) is 3.47. The molecule has 2 aromatic rings. The highest BCUT2D eigenvalue weighted by molar-refractivity contribution is 5.42. The van der Waals surface area contributed by atoms with E-state index in [0.717, 1.165) is 5.56 Å². The molecule has 0 aliphatic rings.